The van der Waals surface area contributed by atoms with E-state index < -0.39 is 47.3 Å². The molecule has 416 valence electrons. The Morgan fingerprint density at radius 3 is 2.22 bits per heavy atom. The van der Waals surface area contributed by atoms with Gasteiger partial charge in [-0.05, 0) is 93.5 Å². The van der Waals surface area contributed by atoms with Crippen molar-refractivity contribution in [2.45, 2.75) is 136 Å². The minimum atomic E-state index is -0.935. The zero-order valence-electron chi connectivity index (χ0n) is 44.8. The van der Waals surface area contributed by atoms with Crippen LogP contribution in [0.15, 0.2) is 72.2 Å². The summed E-state index contributed by atoms with van der Waals surface area (Å²) in [6.07, 6.45) is 1.39. The molecule has 0 spiro atoms. The molecule has 18 nitrogen and oxygen atoms in total. The van der Waals surface area contributed by atoms with Crippen LogP contribution < -0.4 is 26.4 Å². The van der Waals surface area contributed by atoms with Gasteiger partial charge in [-0.2, -0.15) is 0 Å². The fraction of sp³-hybridized carbons (Fsp3) is 0.446. The molecular formula is C56H67Cl2FN10O8S. The number of hydrogen-bond acceptors (Lipinski definition) is 13. The number of thiazole rings is 1. The second kappa shape index (κ2) is 25.8. The van der Waals surface area contributed by atoms with Crippen molar-refractivity contribution in [2.75, 3.05) is 30.7 Å². The number of ether oxygens (including phenoxy) is 1. The summed E-state index contributed by atoms with van der Waals surface area (Å²) in [4.78, 5) is 91.7. The summed E-state index contributed by atoms with van der Waals surface area (Å²) in [7, 11) is 0. The minimum Gasteiger partial charge on any atom is -0.482 e. The maximum atomic E-state index is 14.2. The molecule has 4 heterocycles. The molecule has 0 bridgehead atoms. The minimum absolute atomic E-state index is 0.00105. The number of carbonyl (C=O) groups excluding carboxylic acids is 6. The van der Waals surface area contributed by atoms with Crippen LogP contribution in [0.1, 0.15) is 130 Å². The number of rotatable bonds is 19. The number of carbonyl (C=O) groups is 6. The molecule has 2 saturated heterocycles. The largest absolute Gasteiger partial charge is 0.482 e. The molecular weight excluding hydrogens is 1060 g/mol. The van der Waals surface area contributed by atoms with E-state index in [1.54, 1.807) is 52.9 Å². The van der Waals surface area contributed by atoms with E-state index in [2.05, 4.69) is 31.1 Å². The van der Waals surface area contributed by atoms with Crippen molar-refractivity contribution in [3.05, 3.63) is 116 Å². The molecule has 2 fully saturated rings. The fourth-order valence-corrected chi connectivity index (χ4v) is 11.4. The lowest BCUT2D eigenvalue weighted by Crippen LogP contribution is -2.59. The van der Waals surface area contributed by atoms with E-state index in [1.165, 1.54) is 17.0 Å². The van der Waals surface area contributed by atoms with Gasteiger partial charge < -0.3 is 46.2 Å². The number of halogens is 3. The predicted molar refractivity (Wildman–Crippen MR) is 297 cm³/mol. The van der Waals surface area contributed by atoms with Crippen molar-refractivity contribution in [3.63, 3.8) is 0 Å². The number of anilines is 2. The normalized spacial score (nSPS) is 18.3. The molecule has 3 aromatic carbocycles. The Morgan fingerprint density at radius 1 is 0.910 bits per heavy atom. The molecule has 2 unspecified atom stereocenters. The van der Waals surface area contributed by atoms with Crippen molar-refractivity contribution in [1.29, 1.82) is 0 Å². The highest BCUT2D eigenvalue weighted by molar-refractivity contribution is 7.13. The molecule has 0 radical (unpaired) electrons. The van der Waals surface area contributed by atoms with Crippen molar-refractivity contribution in [1.82, 2.24) is 40.5 Å². The van der Waals surface area contributed by atoms with Crippen LogP contribution in [-0.2, 0) is 25.7 Å². The Labute approximate surface area is 467 Å². The summed E-state index contributed by atoms with van der Waals surface area (Å²) < 4.78 is 20.0. The van der Waals surface area contributed by atoms with Crippen LogP contribution in [0.25, 0.3) is 10.4 Å². The lowest BCUT2D eigenvalue weighted by molar-refractivity contribution is -0.144. The fourth-order valence-electron chi connectivity index (χ4n) is 9.87. The van der Waals surface area contributed by atoms with Gasteiger partial charge in [0.05, 0.1) is 27.2 Å². The van der Waals surface area contributed by atoms with Gasteiger partial charge in [-0.3, -0.25) is 28.8 Å². The Hall–Kier alpha value is -6.74. The van der Waals surface area contributed by atoms with Crippen molar-refractivity contribution in [2.24, 2.45) is 5.41 Å². The number of benzene rings is 3. The number of nitrogen functional groups attached to an aromatic ring is 1. The highest BCUT2D eigenvalue weighted by atomic mass is 35.5. The number of nitrogens with one attached hydrogen (secondary N) is 3. The first-order valence-corrected chi connectivity index (χ1v) is 27.6. The zero-order valence-corrected chi connectivity index (χ0v) is 47.1. The van der Waals surface area contributed by atoms with E-state index >= 15 is 0 Å². The molecule has 2 aromatic heterocycles. The number of likely N-dealkylation sites (tertiary alicyclic amines) is 1. The van der Waals surface area contributed by atoms with E-state index in [0.29, 0.717) is 56.4 Å². The summed E-state index contributed by atoms with van der Waals surface area (Å²) in [5.74, 6) is -2.77. The predicted octanol–water partition coefficient (Wildman–Crippen LogP) is 8.54. The van der Waals surface area contributed by atoms with Gasteiger partial charge in [0.15, 0.2) is 17.3 Å². The molecule has 0 aliphatic carbocycles. The third kappa shape index (κ3) is 14.5. The summed E-state index contributed by atoms with van der Waals surface area (Å²) in [6.45, 7) is 13.8. The van der Waals surface area contributed by atoms with Crippen LogP contribution in [0.3, 0.4) is 0 Å². The Balaban J connectivity index is 0.819. The molecule has 6 atom stereocenters. The zero-order chi connectivity index (χ0) is 56.6. The first-order chi connectivity index (χ1) is 37.0. The van der Waals surface area contributed by atoms with Crippen molar-refractivity contribution in [3.8, 4) is 16.2 Å². The summed E-state index contributed by atoms with van der Waals surface area (Å²) >= 11 is 14.0. The number of aryl methyl sites for hydroxylation is 1. The Bertz CT molecular complexity index is 2980. The van der Waals surface area contributed by atoms with E-state index in [0.717, 1.165) is 27.8 Å². The molecule has 6 N–H and O–H groups in total. The average Bonchev–Trinajstić information content (AvgIpc) is 4.10. The Kier molecular flexibility index (Phi) is 19.5. The lowest BCUT2D eigenvalue weighted by Gasteiger charge is -2.44. The summed E-state index contributed by atoms with van der Waals surface area (Å²) in [5, 5.41) is 26.9. The molecule has 78 heavy (non-hydrogen) atoms. The van der Waals surface area contributed by atoms with Crippen LogP contribution in [0.2, 0.25) is 10.0 Å². The van der Waals surface area contributed by atoms with E-state index in [9.17, 15) is 38.3 Å². The van der Waals surface area contributed by atoms with E-state index in [1.807, 2.05) is 70.7 Å². The molecule has 2 aliphatic heterocycles. The third-order valence-corrected chi connectivity index (χ3v) is 15.6. The van der Waals surface area contributed by atoms with Crippen molar-refractivity contribution >= 4 is 81.5 Å². The number of unbranched alkanes of at least 4 members (excludes halogenated alkanes) is 3. The van der Waals surface area contributed by atoms with Crippen LogP contribution in [-0.4, -0.2) is 120 Å². The lowest BCUT2D eigenvalue weighted by atomic mass is 9.85. The van der Waals surface area contributed by atoms with Crippen LogP contribution in [0.5, 0.6) is 5.75 Å². The maximum Gasteiger partial charge on any atom is 0.276 e. The molecule has 22 heteroatoms. The van der Waals surface area contributed by atoms with E-state index in [4.69, 9.17) is 33.7 Å². The average molecular weight is 1130 g/mol. The van der Waals surface area contributed by atoms with Crippen LogP contribution >= 0.6 is 34.5 Å². The summed E-state index contributed by atoms with van der Waals surface area (Å²) in [5.41, 5.74) is 10.8. The van der Waals surface area contributed by atoms with Gasteiger partial charge in [-0.25, -0.2) is 9.37 Å². The van der Waals surface area contributed by atoms with Gasteiger partial charge in [0, 0.05) is 85.4 Å². The number of piperazine rings is 1. The molecule has 0 saturated carbocycles. The maximum absolute atomic E-state index is 14.2. The summed E-state index contributed by atoms with van der Waals surface area (Å²) in [6, 6.07) is 15.7. The number of nitrogens with two attached hydrogens (primary N) is 1. The van der Waals surface area contributed by atoms with Gasteiger partial charge >= 0.3 is 0 Å². The number of nitrogens with zero attached hydrogens (tertiary/aromatic N) is 6. The molecule has 7 rings (SSSR count). The van der Waals surface area contributed by atoms with Crippen LogP contribution in [0.4, 0.5) is 15.9 Å². The molecule has 2 aliphatic rings. The second-order valence-electron chi connectivity index (χ2n) is 21.1. The number of hydrogen-bond donors (Lipinski definition) is 5. The number of aliphatic hydroxyl groups excluding tert-OH is 1. The highest BCUT2D eigenvalue weighted by Crippen LogP contribution is 2.36. The smallest absolute Gasteiger partial charge is 0.276 e. The Morgan fingerprint density at radius 2 is 1.58 bits per heavy atom. The van der Waals surface area contributed by atoms with Gasteiger partial charge in [0.1, 0.15) is 24.0 Å². The number of aliphatic hydroxyl groups is 1. The monoisotopic (exact) mass is 1130 g/mol. The van der Waals surface area contributed by atoms with E-state index in [-0.39, 0.29) is 94.5 Å². The van der Waals surface area contributed by atoms with Crippen molar-refractivity contribution < 1.29 is 43.0 Å². The van der Waals surface area contributed by atoms with Gasteiger partial charge in [0.25, 0.3) is 11.8 Å². The number of amides is 6. The standard InChI is InChI=1S/C56H67Cl2FN10O8S/c1-31-27-67(54(75)37-18-20-38(21-19-37)63-52(73)42-25-44(51(60)66-65-42)77-34(4)47-40(57)22-23-41(59)48(47)58)28-32(2)69(31)46(72)13-11-9-8-10-12-45(71)64-50(56(5,6)7)55(76)68-29-39(70)24-43(68)53(74)61-26-35-14-16-36(17-15-35)49-33(3)62-30-78-49/h14-23,25,30-32,34,39,43,50,70H,8-13,24,26-29H2,1-7H3,(H2,60,66)(H,61,74)(H,63,73)(H,64,71)/t31-,32+,34?,39-,43+,50?/m1/s1. The molecule has 6 amide bonds. The third-order valence-electron chi connectivity index (χ3n) is 13.9. The number of β-amino-alcohol motifs (C(OH)–C–C–N with tert-alkyl or cyclic N) is 1. The number of aromatic nitrogens is 3. The second-order valence-corrected chi connectivity index (χ2v) is 22.7. The van der Waals surface area contributed by atoms with Crippen LogP contribution in [0, 0.1) is 18.2 Å². The highest BCUT2D eigenvalue weighted by Gasteiger charge is 2.44. The van der Waals surface area contributed by atoms with Gasteiger partial charge in [-0.1, -0.05) is 81.1 Å². The van der Waals surface area contributed by atoms with Gasteiger partial charge in [-0.15, -0.1) is 21.5 Å². The molecule has 5 aromatic rings. The van der Waals surface area contributed by atoms with Gasteiger partial charge in [0.2, 0.25) is 23.6 Å². The SMILES string of the molecule is Cc1ncsc1-c1ccc(CNC(=O)[C@@H]2C[C@@H](O)CN2C(=O)C(NC(=O)CCCCCCC(=O)N2[C@H](C)CN(C(=O)c3ccc(NC(=O)c4cc(OC(C)c5c(Cl)ccc(F)c5Cl)c(N)nn4)cc3)C[C@@H]2C)C(C)(C)C)cc1. The first-order valence-electron chi connectivity index (χ1n) is 26.0. The topological polar surface area (TPSA) is 242 Å². The quantitative estimate of drug-likeness (QED) is 0.0386. The first kappa shape index (κ1) is 58.9.